The number of unbranched alkanes of at least 4 members (excludes halogenated alkanes) is 37. The van der Waals surface area contributed by atoms with Crippen molar-refractivity contribution in [3.05, 3.63) is 48.6 Å². The van der Waals surface area contributed by atoms with E-state index in [1.165, 1.54) is 205 Å². The summed E-state index contributed by atoms with van der Waals surface area (Å²) in [5.41, 5.74) is 0. The minimum absolute atomic E-state index is 0.0757. The molecule has 6 heteroatoms. The minimum Gasteiger partial charge on any atom is -0.462 e. The van der Waals surface area contributed by atoms with Crippen LogP contribution in [0.15, 0.2) is 48.6 Å². The van der Waals surface area contributed by atoms with Crippen molar-refractivity contribution in [2.45, 2.75) is 316 Å². The summed E-state index contributed by atoms with van der Waals surface area (Å²) in [6.07, 6.45) is 69.5. The van der Waals surface area contributed by atoms with Gasteiger partial charge in [0.05, 0.1) is 0 Å². The zero-order valence-corrected chi connectivity index (χ0v) is 45.4. The zero-order valence-electron chi connectivity index (χ0n) is 45.4. The van der Waals surface area contributed by atoms with E-state index in [-0.39, 0.29) is 31.1 Å². The number of rotatable bonds is 54. The van der Waals surface area contributed by atoms with E-state index in [1.54, 1.807) is 0 Å². The molecule has 68 heavy (non-hydrogen) atoms. The van der Waals surface area contributed by atoms with Crippen LogP contribution in [0.2, 0.25) is 0 Å². The largest absolute Gasteiger partial charge is 0.462 e. The second-order valence-corrected chi connectivity index (χ2v) is 20.0. The summed E-state index contributed by atoms with van der Waals surface area (Å²) in [6, 6.07) is 0. The van der Waals surface area contributed by atoms with Gasteiger partial charge in [-0.3, -0.25) is 14.4 Å². The maximum absolute atomic E-state index is 12.9. The lowest BCUT2D eigenvalue weighted by atomic mass is 10.0. The summed E-state index contributed by atoms with van der Waals surface area (Å²) in [7, 11) is 0. The average molecular weight is 954 g/mol. The van der Waals surface area contributed by atoms with E-state index in [0.29, 0.717) is 19.3 Å². The van der Waals surface area contributed by atoms with Gasteiger partial charge in [-0.05, 0) is 70.6 Å². The predicted octanol–water partition coefficient (Wildman–Crippen LogP) is 19.8. The van der Waals surface area contributed by atoms with Gasteiger partial charge in [-0.15, -0.1) is 0 Å². The molecule has 0 saturated carbocycles. The highest BCUT2D eigenvalue weighted by molar-refractivity contribution is 5.71. The molecule has 0 spiro atoms. The normalized spacial score (nSPS) is 12.3. The van der Waals surface area contributed by atoms with Crippen LogP contribution in [-0.2, 0) is 28.6 Å². The van der Waals surface area contributed by atoms with Crippen molar-refractivity contribution in [2.75, 3.05) is 13.2 Å². The number of ether oxygens (including phenoxy) is 3. The number of hydrogen-bond acceptors (Lipinski definition) is 6. The Labute approximate surface area is 422 Å². The highest BCUT2D eigenvalue weighted by Gasteiger charge is 2.19. The van der Waals surface area contributed by atoms with E-state index >= 15 is 0 Å². The van der Waals surface area contributed by atoms with Crippen LogP contribution in [0.1, 0.15) is 310 Å². The molecule has 6 nitrogen and oxygen atoms in total. The Morgan fingerprint density at radius 2 is 0.515 bits per heavy atom. The maximum Gasteiger partial charge on any atom is 0.306 e. The quantitative estimate of drug-likeness (QED) is 0.0262. The van der Waals surface area contributed by atoms with Crippen LogP contribution in [-0.4, -0.2) is 37.2 Å². The number of esters is 3. The Morgan fingerprint density at radius 1 is 0.294 bits per heavy atom. The lowest BCUT2D eigenvalue weighted by Crippen LogP contribution is -2.30. The molecule has 0 bridgehead atoms. The zero-order chi connectivity index (χ0) is 49.3. The molecule has 396 valence electrons. The molecule has 0 saturated heterocycles. The van der Waals surface area contributed by atoms with Crippen LogP contribution in [0.4, 0.5) is 0 Å². The number of hydrogen-bond donors (Lipinski definition) is 0. The molecule has 0 radical (unpaired) electrons. The highest BCUT2D eigenvalue weighted by atomic mass is 16.6. The summed E-state index contributed by atoms with van der Waals surface area (Å²) in [6.45, 7) is 6.61. The summed E-state index contributed by atoms with van der Waals surface area (Å²) in [5.74, 6) is -0.874. The predicted molar refractivity (Wildman–Crippen MR) is 293 cm³/mol. The van der Waals surface area contributed by atoms with Crippen LogP contribution in [0.5, 0.6) is 0 Å². The van der Waals surface area contributed by atoms with E-state index in [9.17, 15) is 14.4 Å². The van der Waals surface area contributed by atoms with Gasteiger partial charge in [-0.25, -0.2) is 0 Å². The van der Waals surface area contributed by atoms with Crippen LogP contribution in [0, 0.1) is 0 Å². The summed E-state index contributed by atoms with van der Waals surface area (Å²) in [4.78, 5) is 38.2. The molecular weight excluding hydrogens is 841 g/mol. The fraction of sp³-hybridized carbons (Fsp3) is 0.823. The molecule has 0 aromatic carbocycles. The van der Waals surface area contributed by atoms with Crippen molar-refractivity contribution in [3.8, 4) is 0 Å². The van der Waals surface area contributed by atoms with Crippen molar-refractivity contribution in [1.29, 1.82) is 0 Å². The first-order chi connectivity index (χ1) is 33.5. The third-order valence-electron chi connectivity index (χ3n) is 13.1. The second kappa shape index (κ2) is 57.0. The first kappa shape index (κ1) is 65.4. The molecule has 0 amide bonds. The smallest absolute Gasteiger partial charge is 0.306 e. The molecule has 1 atom stereocenters. The summed E-state index contributed by atoms with van der Waals surface area (Å²) in [5, 5.41) is 0. The number of carbonyl (C=O) groups excluding carboxylic acids is 3. The Hall–Kier alpha value is -2.63. The third-order valence-corrected chi connectivity index (χ3v) is 13.1. The number of carbonyl (C=O) groups is 3. The van der Waals surface area contributed by atoms with Crippen molar-refractivity contribution in [2.24, 2.45) is 0 Å². The van der Waals surface area contributed by atoms with Crippen LogP contribution >= 0.6 is 0 Å². The van der Waals surface area contributed by atoms with Gasteiger partial charge in [-0.2, -0.15) is 0 Å². The van der Waals surface area contributed by atoms with Crippen molar-refractivity contribution in [3.63, 3.8) is 0 Å². The van der Waals surface area contributed by atoms with Gasteiger partial charge in [0, 0.05) is 19.3 Å². The van der Waals surface area contributed by atoms with Gasteiger partial charge in [0.1, 0.15) is 13.2 Å². The first-order valence-electron chi connectivity index (χ1n) is 29.7. The van der Waals surface area contributed by atoms with Crippen molar-refractivity contribution >= 4 is 17.9 Å². The molecule has 0 aliphatic rings. The lowest BCUT2D eigenvalue weighted by Gasteiger charge is -2.18. The summed E-state index contributed by atoms with van der Waals surface area (Å²) < 4.78 is 16.9. The van der Waals surface area contributed by atoms with Crippen molar-refractivity contribution < 1.29 is 28.6 Å². The van der Waals surface area contributed by atoms with E-state index in [2.05, 4.69) is 69.4 Å². The molecule has 1 unspecified atom stereocenters. The standard InChI is InChI=1S/C62H112O6/c1-4-7-10-13-16-19-22-25-28-30-31-32-35-37-40-43-46-49-52-55-61(64)67-58-59(57-66-60(63)54-51-48-45-42-39-36-33-27-24-21-18-15-12-9-6-3)68-62(65)56-53-50-47-44-41-38-34-29-26-23-20-17-14-11-8-5-2/h16,18-19,21-22,24-25,27,59H,4-15,17,20,23,26,28-58H2,1-3H3/b19-16-,21-18-,25-22-,27-24-. The topological polar surface area (TPSA) is 78.9 Å². The maximum atomic E-state index is 12.9. The van der Waals surface area contributed by atoms with Gasteiger partial charge in [0.2, 0.25) is 0 Å². The third kappa shape index (κ3) is 54.3. The Bertz CT molecular complexity index is 1190. The van der Waals surface area contributed by atoms with E-state index in [1.807, 2.05) is 0 Å². The molecule has 0 heterocycles. The van der Waals surface area contributed by atoms with Crippen LogP contribution in [0.25, 0.3) is 0 Å². The van der Waals surface area contributed by atoms with Crippen LogP contribution < -0.4 is 0 Å². The molecule has 0 aliphatic heterocycles. The molecular formula is C62H112O6. The lowest BCUT2D eigenvalue weighted by molar-refractivity contribution is -0.167. The average Bonchev–Trinajstić information content (AvgIpc) is 3.34. The first-order valence-corrected chi connectivity index (χ1v) is 29.7. The minimum atomic E-state index is -0.777. The second-order valence-electron chi connectivity index (χ2n) is 20.0. The highest BCUT2D eigenvalue weighted by Crippen LogP contribution is 2.17. The monoisotopic (exact) mass is 953 g/mol. The molecule has 0 rings (SSSR count). The molecule has 0 aromatic rings. The van der Waals surface area contributed by atoms with Gasteiger partial charge in [0.15, 0.2) is 6.10 Å². The molecule has 0 N–H and O–H groups in total. The van der Waals surface area contributed by atoms with Gasteiger partial charge >= 0.3 is 17.9 Å². The molecule has 0 fully saturated rings. The fourth-order valence-electron chi connectivity index (χ4n) is 8.60. The van der Waals surface area contributed by atoms with Gasteiger partial charge in [-0.1, -0.05) is 268 Å². The Morgan fingerprint density at radius 3 is 0.809 bits per heavy atom. The van der Waals surface area contributed by atoms with E-state index < -0.39 is 6.10 Å². The number of allylic oxidation sites excluding steroid dienone is 8. The SMILES string of the molecule is CCCCC/C=C\C=C/CCCCCCCCCCCCC(=O)OCC(COC(=O)CCCCCCCC/C=C\C=C/CCCCC)OC(=O)CCCCCCCCCCCCCCCCCC. The van der Waals surface area contributed by atoms with Crippen molar-refractivity contribution in [1.82, 2.24) is 0 Å². The molecule has 0 aromatic heterocycles. The Kier molecular flexibility index (Phi) is 54.8. The van der Waals surface area contributed by atoms with Crippen LogP contribution in [0.3, 0.4) is 0 Å². The van der Waals surface area contributed by atoms with Gasteiger partial charge < -0.3 is 14.2 Å². The summed E-state index contributed by atoms with van der Waals surface area (Å²) >= 11 is 0. The fourth-order valence-corrected chi connectivity index (χ4v) is 8.60. The Balaban J connectivity index is 4.35. The van der Waals surface area contributed by atoms with E-state index in [0.717, 1.165) is 64.2 Å². The van der Waals surface area contributed by atoms with Gasteiger partial charge in [0.25, 0.3) is 0 Å². The molecule has 0 aliphatic carbocycles. The van der Waals surface area contributed by atoms with E-state index in [4.69, 9.17) is 14.2 Å².